The molecule has 1 unspecified atom stereocenters. The molecule has 0 aromatic rings. The van der Waals surface area contributed by atoms with Gasteiger partial charge >= 0.3 is 6.03 Å². The third-order valence-corrected chi connectivity index (χ3v) is 1.51. The van der Waals surface area contributed by atoms with Crippen molar-refractivity contribution in [2.45, 2.75) is 12.0 Å². The first-order chi connectivity index (χ1) is 4.24. The predicted octanol–water partition coefficient (Wildman–Crippen LogP) is 0.215. The third kappa shape index (κ3) is 1.34. The summed E-state index contributed by atoms with van der Waals surface area (Å²) in [7, 11) is 0. The molecule has 5 heteroatoms. The number of hydrogen-bond acceptors (Lipinski definition) is 2. The van der Waals surface area contributed by atoms with Gasteiger partial charge in [-0.05, 0) is 22.9 Å². The van der Waals surface area contributed by atoms with Crippen LogP contribution in [0.15, 0.2) is 0 Å². The fraction of sp³-hybridized carbons (Fsp3) is 0.750. The third-order valence-electron chi connectivity index (χ3n) is 1.08. The van der Waals surface area contributed by atoms with Crippen molar-refractivity contribution in [3.05, 3.63) is 0 Å². The summed E-state index contributed by atoms with van der Waals surface area (Å²) in [5.41, 5.74) is 2.84. The fourth-order valence-electron chi connectivity index (χ4n) is 0.649. The van der Waals surface area contributed by atoms with E-state index in [0.29, 0.717) is 6.54 Å². The maximum absolute atomic E-state index is 10.7. The number of nitrogens with zero attached hydrogens (tertiary/aromatic N) is 1. The van der Waals surface area contributed by atoms with Gasteiger partial charge in [-0.15, -0.1) is 0 Å². The van der Waals surface area contributed by atoms with Crippen LogP contribution in [0.4, 0.5) is 4.79 Å². The smallest absolute Gasteiger partial charge is 0.310 e. The highest BCUT2D eigenvalue weighted by Crippen LogP contribution is 2.00. The molecule has 1 heterocycles. The lowest BCUT2D eigenvalue weighted by atomic mass is 10.7. The highest BCUT2D eigenvalue weighted by atomic mass is 79.9. The summed E-state index contributed by atoms with van der Waals surface area (Å²) in [6, 6.07) is -0.0839. The first kappa shape index (κ1) is 6.82. The summed E-state index contributed by atoms with van der Waals surface area (Å²) < 4.78 is 0. The Labute approximate surface area is 61.7 Å². The molecule has 1 rings (SSSR count). The number of hydrazine groups is 1. The molecule has 2 N–H and O–H groups in total. The summed E-state index contributed by atoms with van der Waals surface area (Å²) in [6.45, 7) is 2.57. The minimum Gasteiger partial charge on any atom is -0.310 e. The van der Waals surface area contributed by atoms with Gasteiger partial charge in [-0.25, -0.2) is 4.79 Å². The molecule has 2 amide bonds. The van der Waals surface area contributed by atoms with Gasteiger partial charge < -0.3 is 5.32 Å². The lowest BCUT2D eigenvalue weighted by Gasteiger charge is -2.09. The maximum atomic E-state index is 10.7. The van der Waals surface area contributed by atoms with Crippen molar-refractivity contribution >= 4 is 22.0 Å². The quantitative estimate of drug-likeness (QED) is 0.463. The molecule has 9 heavy (non-hydrogen) atoms. The Bertz CT molecular complexity index is 129. The standard InChI is InChI=1S/C4H8BrN3O/c1-2-8-4(9)6-3(5)7-8/h3,7H,2H2,1H3,(H,6,9). The first-order valence-electron chi connectivity index (χ1n) is 2.72. The van der Waals surface area contributed by atoms with E-state index in [0.717, 1.165) is 0 Å². The van der Waals surface area contributed by atoms with Crippen molar-refractivity contribution in [2.24, 2.45) is 0 Å². The van der Waals surface area contributed by atoms with E-state index in [1.165, 1.54) is 5.01 Å². The van der Waals surface area contributed by atoms with Crippen molar-refractivity contribution in [3.63, 3.8) is 0 Å². The first-order valence-corrected chi connectivity index (χ1v) is 3.64. The van der Waals surface area contributed by atoms with Crippen LogP contribution in [0.2, 0.25) is 0 Å². The van der Waals surface area contributed by atoms with Gasteiger partial charge in [0, 0.05) is 6.54 Å². The van der Waals surface area contributed by atoms with Crippen LogP contribution in [-0.2, 0) is 0 Å². The second kappa shape index (κ2) is 2.53. The molecule has 1 atom stereocenters. The Balaban J connectivity index is 2.48. The van der Waals surface area contributed by atoms with Crippen LogP contribution >= 0.6 is 15.9 Å². The van der Waals surface area contributed by atoms with Crippen LogP contribution in [0.25, 0.3) is 0 Å². The molecular formula is C4H8BrN3O. The zero-order valence-corrected chi connectivity index (χ0v) is 6.60. The average molecular weight is 194 g/mol. The second-order valence-electron chi connectivity index (χ2n) is 1.69. The van der Waals surface area contributed by atoms with Gasteiger partial charge in [-0.2, -0.15) is 5.43 Å². The molecule has 52 valence electrons. The number of hydrogen-bond donors (Lipinski definition) is 2. The van der Waals surface area contributed by atoms with Gasteiger partial charge in [0.15, 0.2) is 5.08 Å². The summed E-state index contributed by atoms with van der Waals surface area (Å²) in [4.78, 5) is 10.7. The molecule has 0 radical (unpaired) electrons. The Morgan fingerprint density at radius 2 is 2.56 bits per heavy atom. The molecule has 0 aromatic heterocycles. The number of rotatable bonds is 1. The van der Waals surface area contributed by atoms with E-state index >= 15 is 0 Å². The molecule has 1 aliphatic heterocycles. The van der Waals surface area contributed by atoms with E-state index in [-0.39, 0.29) is 11.1 Å². The predicted molar refractivity (Wildman–Crippen MR) is 36.8 cm³/mol. The van der Waals surface area contributed by atoms with Gasteiger partial charge in [-0.1, -0.05) is 0 Å². The SMILES string of the molecule is CCN1NC(Br)NC1=O. The molecule has 1 fully saturated rings. The summed E-state index contributed by atoms with van der Waals surface area (Å²) in [6.07, 6.45) is 0. The zero-order chi connectivity index (χ0) is 6.85. The fourth-order valence-corrected chi connectivity index (χ4v) is 1.09. The number of halogens is 1. The molecule has 4 nitrogen and oxygen atoms in total. The van der Waals surface area contributed by atoms with Crippen LogP contribution in [0, 0.1) is 0 Å². The topological polar surface area (TPSA) is 44.4 Å². The number of carbonyl (C=O) groups excluding carboxylic acids is 1. The Morgan fingerprint density at radius 1 is 1.89 bits per heavy atom. The molecule has 1 saturated heterocycles. The molecule has 0 aromatic carbocycles. The van der Waals surface area contributed by atoms with Crippen LogP contribution in [0.1, 0.15) is 6.92 Å². The number of amides is 2. The van der Waals surface area contributed by atoms with Gasteiger partial charge in [0.05, 0.1) is 0 Å². The van der Waals surface area contributed by atoms with Crippen LogP contribution in [-0.4, -0.2) is 22.7 Å². The molecule has 0 spiro atoms. The molecule has 0 bridgehead atoms. The van der Waals surface area contributed by atoms with E-state index in [1.54, 1.807) is 0 Å². The highest BCUT2D eigenvalue weighted by Gasteiger charge is 2.23. The van der Waals surface area contributed by atoms with Crippen molar-refractivity contribution in [2.75, 3.05) is 6.54 Å². The highest BCUT2D eigenvalue weighted by molar-refractivity contribution is 9.09. The zero-order valence-electron chi connectivity index (χ0n) is 5.02. The number of carbonyl (C=O) groups is 1. The van der Waals surface area contributed by atoms with Crippen molar-refractivity contribution in [1.82, 2.24) is 15.8 Å². The van der Waals surface area contributed by atoms with E-state index in [2.05, 4.69) is 26.7 Å². The Morgan fingerprint density at radius 3 is 2.78 bits per heavy atom. The van der Waals surface area contributed by atoms with E-state index < -0.39 is 0 Å². The molecular weight excluding hydrogens is 186 g/mol. The van der Waals surface area contributed by atoms with Gasteiger partial charge in [0.25, 0.3) is 0 Å². The Hall–Kier alpha value is -0.290. The van der Waals surface area contributed by atoms with E-state index in [1.807, 2.05) is 6.92 Å². The van der Waals surface area contributed by atoms with Crippen molar-refractivity contribution in [1.29, 1.82) is 0 Å². The van der Waals surface area contributed by atoms with Crippen LogP contribution < -0.4 is 10.7 Å². The van der Waals surface area contributed by atoms with Crippen LogP contribution in [0.5, 0.6) is 0 Å². The number of alkyl halides is 1. The minimum atomic E-state index is -0.107. The molecule has 0 saturated carbocycles. The largest absolute Gasteiger partial charge is 0.333 e. The summed E-state index contributed by atoms with van der Waals surface area (Å²) in [5, 5.41) is 4.00. The number of nitrogens with one attached hydrogen (secondary N) is 2. The lowest BCUT2D eigenvalue weighted by Crippen LogP contribution is -2.34. The van der Waals surface area contributed by atoms with Gasteiger partial charge in [0.1, 0.15) is 0 Å². The van der Waals surface area contributed by atoms with Crippen molar-refractivity contribution in [3.8, 4) is 0 Å². The average Bonchev–Trinajstić information content (AvgIpc) is 2.10. The second-order valence-corrected chi connectivity index (χ2v) is 2.60. The van der Waals surface area contributed by atoms with E-state index in [4.69, 9.17) is 0 Å². The Kier molecular flexibility index (Phi) is 1.92. The lowest BCUT2D eigenvalue weighted by molar-refractivity contribution is 0.204. The summed E-state index contributed by atoms with van der Waals surface area (Å²) >= 11 is 3.18. The monoisotopic (exact) mass is 193 g/mol. The molecule has 1 aliphatic rings. The minimum absolute atomic E-state index is 0.0839. The molecule has 0 aliphatic carbocycles. The maximum Gasteiger partial charge on any atom is 0.333 e. The summed E-state index contributed by atoms with van der Waals surface area (Å²) in [5.74, 6) is 0. The van der Waals surface area contributed by atoms with Gasteiger partial charge in [0.2, 0.25) is 0 Å². The van der Waals surface area contributed by atoms with Crippen LogP contribution in [0.3, 0.4) is 0 Å². The normalized spacial score (nSPS) is 26.7. The van der Waals surface area contributed by atoms with Crippen molar-refractivity contribution < 1.29 is 4.79 Å². The number of urea groups is 1. The van der Waals surface area contributed by atoms with E-state index in [9.17, 15) is 4.79 Å². The van der Waals surface area contributed by atoms with Gasteiger partial charge in [-0.3, -0.25) is 5.01 Å².